The molecule has 0 aliphatic carbocycles. The molecule has 7 heteroatoms. The van der Waals surface area contributed by atoms with Gasteiger partial charge in [0.25, 0.3) is 0 Å². The Hall–Kier alpha value is -4.26. The summed E-state index contributed by atoms with van der Waals surface area (Å²) in [6.45, 7) is 4.76. The fraction of sp³-hybridized carbons (Fsp3) is 0.241. The summed E-state index contributed by atoms with van der Waals surface area (Å²) < 4.78 is 17.3. The standard InChI is InChI=1S/C29H30N2O5/c1-4-31-20(2)26(28(32)34-3)27(30-29(31)33)23-15-16-24(35-18-21-11-7-5-8-12-21)25(17-23)36-19-22-13-9-6-10-14-22/h5-17,27H,4,18-19H2,1-3H3,(H,30,33). The lowest BCUT2D eigenvalue weighted by molar-refractivity contribution is -0.136. The van der Waals surface area contributed by atoms with Gasteiger partial charge in [-0.25, -0.2) is 9.59 Å². The minimum Gasteiger partial charge on any atom is -0.485 e. The van der Waals surface area contributed by atoms with Gasteiger partial charge >= 0.3 is 12.0 Å². The van der Waals surface area contributed by atoms with Gasteiger partial charge in [-0.3, -0.25) is 4.90 Å². The Labute approximate surface area is 211 Å². The zero-order valence-corrected chi connectivity index (χ0v) is 20.7. The van der Waals surface area contributed by atoms with Crippen LogP contribution in [0, 0.1) is 0 Å². The van der Waals surface area contributed by atoms with Gasteiger partial charge in [0, 0.05) is 12.2 Å². The van der Waals surface area contributed by atoms with E-state index in [0.29, 0.717) is 48.1 Å². The number of amides is 2. The molecular weight excluding hydrogens is 456 g/mol. The van der Waals surface area contributed by atoms with Crippen LogP contribution in [-0.2, 0) is 22.7 Å². The topological polar surface area (TPSA) is 77.1 Å². The summed E-state index contributed by atoms with van der Waals surface area (Å²) >= 11 is 0. The third-order valence-corrected chi connectivity index (χ3v) is 6.09. The predicted octanol–water partition coefficient (Wildman–Crippen LogP) is 5.38. The third kappa shape index (κ3) is 5.51. The molecular formula is C29H30N2O5. The van der Waals surface area contributed by atoms with Crippen molar-refractivity contribution in [2.75, 3.05) is 13.7 Å². The van der Waals surface area contributed by atoms with Gasteiger partial charge in [0.2, 0.25) is 0 Å². The number of esters is 1. The van der Waals surface area contributed by atoms with Crippen LogP contribution in [0.4, 0.5) is 4.79 Å². The minimum absolute atomic E-state index is 0.274. The van der Waals surface area contributed by atoms with Gasteiger partial charge in [-0.2, -0.15) is 0 Å². The van der Waals surface area contributed by atoms with Crippen LogP contribution in [-0.4, -0.2) is 30.6 Å². The first-order chi connectivity index (χ1) is 17.5. The van der Waals surface area contributed by atoms with Gasteiger partial charge in [0.15, 0.2) is 11.5 Å². The van der Waals surface area contributed by atoms with Crippen molar-refractivity contribution in [1.82, 2.24) is 10.2 Å². The summed E-state index contributed by atoms with van der Waals surface area (Å²) in [4.78, 5) is 27.0. The van der Waals surface area contributed by atoms with Crippen LogP contribution >= 0.6 is 0 Å². The maximum Gasteiger partial charge on any atom is 0.337 e. The number of hydrogen-bond donors (Lipinski definition) is 1. The molecule has 1 N–H and O–H groups in total. The first-order valence-corrected chi connectivity index (χ1v) is 11.9. The van der Waals surface area contributed by atoms with Crippen LogP contribution in [0.2, 0.25) is 0 Å². The summed E-state index contributed by atoms with van der Waals surface area (Å²) in [5.74, 6) is 0.588. The van der Waals surface area contributed by atoms with E-state index in [4.69, 9.17) is 14.2 Å². The predicted molar refractivity (Wildman–Crippen MR) is 136 cm³/mol. The number of nitrogens with zero attached hydrogens (tertiary/aromatic N) is 1. The van der Waals surface area contributed by atoms with Crippen LogP contribution in [0.1, 0.15) is 36.6 Å². The molecule has 1 unspecified atom stereocenters. The number of ether oxygens (including phenoxy) is 3. The molecule has 1 aliphatic rings. The second kappa shape index (κ2) is 11.4. The highest BCUT2D eigenvalue weighted by Crippen LogP contribution is 2.37. The Morgan fingerprint density at radius 1 is 0.889 bits per heavy atom. The average Bonchev–Trinajstić information content (AvgIpc) is 2.91. The first kappa shape index (κ1) is 24.9. The van der Waals surface area contributed by atoms with Crippen molar-refractivity contribution in [2.24, 2.45) is 0 Å². The van der Waals surface area contributed by atoms with Gasteiger partial charge in [-0.1, -0.05) is 66.7 Å². The lowest BCUT2D eigenvalue weighted by Gasteiger charge is -2.34. The Kier molecular flexibility index (Phi) is 7.90. The highest BCUT2D eigenvalue weighted by Gasteiger charge is 2.36. The summed E-state index contributed by atoms with van der Waals surface area (Å²) in [6.07, 6.45) is 0. The third-order valence-electron chi connectivity index (χ3n) is 6.09. The number of hydrogen-bond acceptors (Lipinski definition) is 5. The Morgan fingerprint density at radius 3 is 2.03 bits per heavy atom. The molecule has 0 radical (unpaired) electrons. The van der Waals surface area contributed by atoms with E-state index in [2.05, 4.69) is 5.32 Å². The highest BCUT2D eigenvalue weighted by molar-refractivity contribution is 5.95. The van der Waals surface area contributed by atoms with Crippen LogP contribution < -0.4 is 14.8 Å². The summed E-state index contributed by atoms with van der Waals surface area (Å²) in [6, 6.07) is 24.2. The molecule has 0 aromatic heterocycles. The lowest BCUT2D eigenvalue weighted by atomic mass is 9.94. The number of rotatable bonds is 9. The van der Waals surface area contributed by atoms with Crippen molar-refractivity contribution < 1.29 is 23.8 Å². The summed E-state index contributed by atoms with van der Waals surface area (Å²) in [7, 11) is 1.33. The maximum atomic E-state index is 12.8. The Balaban J connectivity index is 1.68. The zero-order chi connectivity index (χ0) is 25.5. The molecule has 4 rings (SSSR count). The largest absolute Gasteiger partial charge is 0.485 e. The van der Waals surface area contributed by atoms with Gasteiger partial charge in [-0.15, -0.1) is 0 Å². The van der Waals surface area contributed by atoms with E-state index in [1.165, 1.54) is 12.0 Å². The fourth-order valence-corrected chi connectivity index (χ4v) is 4.19. The highest BCUT2D eigenvalue weighted by atomic mass is 16.5. The number of allylic oxidation sites excluding steroid dienone is 1. The average molecular weight is 487 g/mol. The van der Waals surface area contributed by atoms with Gasteiger partial charge in [0.05, 0.1) is 18.7 Å². The van der Waals surface area contributed by atoms with Crippen molar-refractivity contribution in [3.05, 3.63) is 107 Å². The number of nitrogens with one attached hydrogen (secondary N) is 1. The molecule has 0 saturated carbocycles. The monoisotopic (exact) mass is 486 g/mol. The molecule has 2 amide bonds. The molecule has 0 fully saturated rings. The van der Waals surface area contributed by atoms with Crippen LogP contribution in [0.5, 0.6) is 11.5 Å². The number of methoxy groups -OCH3 is 1. The summed E-state index contributed by atoms with van der Waals surface area (Å²) in [5.41, 5.74) is 3.67. The molecule has 7 nitrogen and oxygen atoms in total. The van der Waals surface area contributed by atoms with E-state index in [1.807, 2.05) is 79.7 Å². The SMILES string of the molecule is CCN1C(=O)NC(c2ccc(OCc3ccccc3)c(OCc3ccccc3)c2)C(C(=O)OC)=C1C. The maximum absolute atomic E-state index is 12.8. The van der Waals surface area contributed by atoms with E-state index < -0.39 is 12.0 Å². The van der Waals surface area contributed by atoms with E-state index in [-0.39, 0.29) is 6.03 Å². The van der Waals surface area contributed by atoms with Crippen molar-refractivity contribution in [2.45, 2.75) is 33.1 Å². The zero-order valence-electron chi connectivity index (χ0n) is 20.7. The number of carbonyl (C=O) groups is 2. The second-order valence-corrected chi connectivity index (χ2v) is 8.37. The van der Waals surface area contributed by atoms with Crippen molar-refractivity contribution in [3.8, 4) is 11.5 Å². The number of carbonyl (C=O) groups excluding carboxylic acids is 2. The van der Waals surface area contributed by atoms with Crippen molar-refractivity contribution in [1.29, 1.82) is 0 Å². The molecule has 1 heterocycles. The quantitative estimate of drug-likeness (QED) is 0.411. The molecule has 3 aromatic carbocycles. The molecule has 3 aromatic rings. The van der Waals surface area contributed by atoms with Crippen LogP contribution in [0.25, 0.3) is 0 Å². The molecule has 1 atom stereocenters. The first-order valence-electron chi connectivity index (χ1n) is 11.9. The smallest absolute Gasteiger partial charge is 0.337 e. The number of benzene rings is 3. The van der Waals surface area contributed by atoms with Crippen LogP contribution in [0.15, 0.2) is 90.1 Å². The van der Waals surface area contributed by atoms with Crippen LogP contribution in [0.3, 0.4) is 0 Å². The van der Waals surface area contributed by atoms with Gasteiger partial charge in [0.1, 0.15) is 13.2 Å². The van der Waals surface area contributed by atoms with E-state index in [9.17, 15) is 9.59 Å². The Bertz CT molecular complexity index is 1240. The lowest BCUT2D eigenvalue weighted by Crippen LogP contribution is -2.47. The van der Waals surface area contributed by atoms with E-state index >= 15 is 0 Å². The number of urea groups is 1. The second-order valence-electron chi connectivity index (χ2n) is 8.37. The molecule has 36 heavy (non-hydrogen) atoms. The van der Waals surface area contributed by atoms with Crippen molar-refractivity contribution in [3.63, 3.8) is 0 Å². The van der Waals surface area contributed by atoms with E-state index in [1.54, 1.807) is 13.0 Å². The van der Waals surface area contributed by atoms with Gasteiger partial charge < -0.3 is 19.5 Å². The minimum atomic E-state index is -0.685. The van der Waals surface area contributed by atoms with Gasteiger partial charge in [-0.05, 0) is 42.7 Å². The molecule has 0 bridgehead atoms. The molecule has 1 aliphatic heterocycles. The molecule has 0 saturated heterocycles. The molecule has 186 valence electrons. The Morgan fingerprint density at radius 2 is 1.47 bits per heavy atom. The normalized spacial score (nSPS) is 15.4. The fourth-order valence-electron chi connectivity index (χ4n) is 4.19. The van der Waals surface area contributed by atoms with E-state index in [0.717, 1.165) is 11.1 Å². The summed E-state index contributed by atoms with van der Waals surface area (Å²) in [5, 5.41) is 2.94. The molecule has 0 spiro atoms. The van der Waals surface area contributed by atoms with Crippen molar-refractivity contribution >= 4 is 12.0 Å².